The van der Waals surface area contributed by atoms with Gasteiger partial charge in [0.05, 0.1) is 13.7 Å². The smallest absolute Gasteiger partial charge is 0.161 e. The first-order valence-corrected chi connectivity index (χ1v) is 7.95. The number of thioether (sulfide) groups is 1. The van der Waals surface area contributed by atoms with Gasteiger partial charge in [-0.1, -0.05) is 12.1 Å². The maximum absolute atomic E-state index is 9.56. The predicted molar refractivity (Wildman–Crippen MR) is 79.1 cm³/mol. The summed E-state index contributed by atoms with van der Waals surface area (Å²) in [5, 5.41) is 9.56. The number of ether oxygens (including phenoxy) is 2. The van der Waals surface area contributed by atoms with E-state index in [2.05, 4.69) is 0 Å². The van der Waals surface area contributed by atoms with Gasteiger partial charge in [-0.2, -0.15) is 11.8 Å². The normalized spacial score (nSPS) is 18.0. The molecule has 1 aromatic carbocycles. The third kappa shape index (κ3) is 4.05. The first-order chi connectivity index (χ1) is 9.35. The molecule has 0 aliphatic carbocycles. The van der Waals surface area contributed by atoms with E-state index in [-0.39, 0.29) is 12.5 Å². The van der Waals surface area contributed by atoms with Crippen molar-refractivity contribution < 1.29 is 14.6 Å². The van der Waals surface area contributed by atoms with Crippen LogP contribution in [0.15, 0.2) is 24.3 Å². The highest BCUT2D eigenvalue weighted by Gasteiger charge is 2.24. The summed E-state index contributed by atoms with van der Waals surface area (Å²) in [5.41, 5.74) is 0. The van der Waals surface area contributed by atoms with E-state index in [0.717, 1.165) is 11.5 Å². The van der Waals surface area contributed by atoms with Gasteiger partial charge in [-0.05, 0) is 42.4 Å². The van der Waals surface area contributed by atoms with Crippen LogP contribution in [0.2, 0.25) is 0 Å². The summed E-state index contributed by atoms with van der Waals surface area (Å²) in [7, 11) is 1.64. The quantitative estimate of drug-likeness (QED) is 0.871. The standard InChI is InChI=1S/C15H22O3S/c1-17-14-4-2-3-5-15(14)18-11-13(10-16)12-6-8-19-9-7-12/h2-5,12-13,16H,6-11H2,1H3. The fourth-order valence-electron chi connectivity index (χ4n) is 2.46. The van der Waals surface area contributed by atoms with Crippen LogP contribution in [-0.4, -0.2) is 36.9 Å². The summed E-state index contributed by atoms with van der Waals surface area (Å²) in [6.45, 7) is 0.761. The number of aliphatic hydroxyl groups excluding tert-OH is 1. The van der Waals surface area contributed by atoms with Crippen molar-refractivity contribution in [2.45, 2.75) is 12.8 Å². The van der Waals surface area contributed by atoms with Crippen LogP contribution in [-0.2, 0) is 0 Å². The molecule has 1 aliphatic rings. The van der Waals surface area contributed by atoms with Crippen LogP contribution in [0.5, 0.6) is 11.5 Å². The number of rotatable bonds is 6. The molecular formula is C15H22O3S. The van der Waals surface area contributed by atoms with Crippen LogP contribution in [0, 0.1) is 11.8 Å². The molecule has 1 heterocycles. The van der Waals surface area contributed by atoms with Crippen LogP contribution in [0.4, 0.5) is 0 Å². The molecule has 0 spiro atoms. The second-order valence-corrected chi connectivity index (χ2v) is 6.08. The van der Waals surface area contributed by atoms with Crippen molar-refractivity contribution in [3.63, 3.8) is 0 Å². The van der Waals surface area contributed by atoms with E-state index in [9.17, 15) is 5.11 Å². The second-order valence-electron chi connectivity index (χ2n) is 4.85. The lowest BCUT2D eigenvalue weighted by Gasteiger charge is -2.28. The third-order valence-corrected chi connectivity index (χ3v) is 4.74. The summed E-state index contributed by atoms with van der Waals surface area (Å²) < 4.78 is 11.1. The lowest BCUT2D eigenvalue weighted by molar-refractivity contribution is 0.111. The minimum atomic E-state index is 0.199. The van der Waals surface area contributed by atoms with Gasteiger partial charge in [-0.25, -0.2) is 0 Å². The summed E-state index contributed by atoms with van der Waals surface area (Å²) >= 11 is 2.00. The summed E-state index contributed by atoms with van der Waals surface area (Å²) in [5.74, 6) is 4.73. The molecule has 0 amide bonds. The molecular weight excluding hydrogens is 260 g/mol. The number of hydrogen-bond donors (Lipinski definition) is 1. The molecule has 4 heteroatoms. The summed E-state index contributed by atoms with van der Waals surface area (Å²) in [4.78, 5) is 0. The highest BCUT2D eigenvalue weighted by Crippen LogP contribution is 2.31. The zero-order valence-electron chi connectivity index (χ0n) is 11.4. The third-order valence-electron chi connectivity index (χ3n) is 3.69. The Morgan fingerprint density at radius 2 is 1.95 bits per heavy atom. The number of para-hydroxylation sites is 2. The van der Waals surface area contributed by atoms with E-state index >= 15 is 0 Å². The second kappa shape index (κ2) is 7.65. The fourth-order valence-corrected chi connectivity index (χ4v) is 3.60. The number of hydrogen-bond acceptors (Lipinski definition) is 4. The molecule has 1 aliphatic heterocycles. The zero-order valence-corrected chi connectivity index (χ0v) is 12.2. The van der Waals surface area contributed by atoms with E-state index in [0.29, 0.717) is 12.5 Å². The minimum Gasteiger partial charge on any atom is -0.493 e. The number of benzene rings is 1. The Morgan fingerprint density at radius 3 is 2.58 bits per heavy atom. The van der Waals surface area contributed by atoms with Crippen molar-refractivity contribution in [3.05, 3.63) is 24.3 Å². The highest BCUT2D eigenvalue weighted by atomic mass is 32.2. The Morgan fingerprint density at radius 1 is 1.26 bits per heavy atom. The van der Waals surface area contributed by atoms with Crippen LogP contribution < -0.4 is 9.47 Å². The Kier molecular flexibility index (Phi) is 5.86. The van der Waals surface area contributed by atoms with Crippen molar-refractivity contribution in [2.24, 2.45) is 11.8 Å². The molecule has 0 bridgehead atoms. The maximum Gasteiger partial charge on any atom is 0.161 e. The Bertz CT molecular complexity index is 377. The van der Waals surface area contributed by atoms with E-state index in [1.54, 1.807) is 7.11 Å². The highest BCUT2D eigenvalue weighted by molar-refractivity contribution is 7.99. The van der Waals surface area contributed by atoms with Gasteiger partial charge >= 0.3 is 0 Å². The first-order valence-electron chi connectivity index (χ1n) is 6.79. The monoisotopic (exact) mass is 282 g/mol. The average molecular weight is 282 g/mol. The number of aliphatic hydroxyl groups is 1. The Labute approximate surface area is 119 Å². The van der Waals surface area contributed by atoms with Gasteiger partial charge < -0.3 is 14.6 Å². The molecule has 19 heavy (non-hydrogen) atoms. The van der Waals surface area contributed by atoms with Gasteiger partial charge in [0.25, 0.3) is 0 Å². The van der Waals surface area contributed by atoms with Crippen LogP contribution in [0.25, 0.3) is 0 Å². The predicted octanol–water partition coefficient (Wildman–Crippen LogP) is 2.83. The van der Waals surface area contributed by atoms with Gasteiger partial charge in [0.15, 0.2) is 11.5 Å². The van der Waals surface area contributed by atoms with E-state index in [1.165, 1.54) is 24.3 Å². The molecule has 1 fully saturated rings. The summed E-state index contributed by atoms with van der Waals surface area (Å²) in [6.07, 6.45) is 2.37. The SMILES string of the molecule is COc1ccccc1OCC(CO)C1CCSCC1. The molecule has 3 nitrogen and oxygen atoms in total. The van der Waals surface area contributed by atoms with E-state index < -0.39 is 0 Å². The van der Waals surface area contributed by atoms with Crippen molar-refractivity contribution in [3.8, 4) is 11.5 Å². The average Bonchev–Trinajstić information content (AvgIpc) is 2.49. The fraction of sp³-hybridized carbons (Fsp3) is 0.600. The molecule has 1 saturated heterocycles. The van der Waals surface area contributed by atoms with Gasteiger partial charge in [0.1, 0.15) is 0 Å². The van der Waals surface area contributed by atoms with Crippen LogP contribution in [0.1, 0.15) is 12.8 Å². The number of methoxy groups -OCH3 is 1. The van der Waals surface area contributed by atoms with Crippen molar-refractivity contribution >= 4 is 11.8 Å². The summed E-state index contributed by atoms with van der Waals surface area (Å²) in [6, 6.07) is 7.65. The van der Waals surface area contributed by atoms with E-state index in [1.807, 2.05) is 36.0 Å². The molecule has 1 unspecified atom stereocenters. The molecule has 0 saturated carbocycles. The van der Waals surface area contributed by atoms with Crippen molar-refractivity contribution in [1.82, 2.24) is 0 Å². The van der Waals surface area contributed by atoms with Crippen LogP contribution >= 0.6 is 11.8 Å². The first kappa shape index (κ1) is 14.5. The Balaban J connectivity index is 1.91. The van der Waals surface area contributed by atoms with Gasteiger partial charge in [-0.3, -0.25) is 0 Å². The van der Waals surface area contributed by atoms with E-state index in [4.69, 9.17) is 9.47 Å². The lowest BCUT2D eigenvalue weighted by Crippen LogP contribution is -2.28. The Hall–Kier alpha value is -0.870. The van der Waals surface area contributed by atoms with Crippen molar-refractivity contribution in [2.75, 3.05) is 31.8 Å². The van der Waals surface area contributed by atoms with Crippen LogP contribution in [0.3, 0.4) is 0 Å². The maximum atomic E-state index is 9.56. The van der Waals surface area contributed by atoms with Gasteiger partial charge in [0, 0.05) is 12.5 Å². The topological polar surface area (TPSA) is 38.7 Å². The molecule has 2 rings (SSSR count). The molecule has 1 atom stereocenters. The molecule has 0 aromatic heterocycles. The molecule has 1 aromatic rings. The zero-order chi connectivity index (χ0) is 13.5. The minimum absolute atomic E-state index is 0.199. The largest absolute Gasteiger partial charge is 0.493 e. The lowest BCUT2D eigenvalue weighted by atomic mass is 9.88. The molecule has 1 N–H and O–H groups in total. The van der Waals surface area contributed by atoms with Gasteiger partial charge in [-0.15, -0.1) is 0 Å². The van der Waals surface area contributed by atoms with Gasteiger partial charge in [0.2, 0.25) is 0 Å². The van der Waals surface area contributed by atoms with Crippen molar-refractivity contribution in [1.29, 1.82) is 0 Å². The molecule has 106 valence electrons. The molecule has 0 radical (unpaired) electrons.